The highest BCUT2D eigenvalue weighted by molar-refractivity contribution is 5.91. The van der Waals surface area contributed by atoms with Gasteiger partial charge in [0.1, 0.15) is 12.1 Å². The van der Waals surface area contributed by atoms with Crippen LogP contribution in [0.15, 0.2) is 60.7 Å². The summed E-state index contributed by atoms with van der Waals surface area (Å²) < 4.78 is 0. The number of carbonyl (C=O) groups excluding carboxylic acids is 3. The summed E-state index contributed by atoms with van der Waals surface area (Å²) in [5.74, 6) is -2.16. The van der Waals surface area contributed by atoms with Crippen LogP contribution in [-0.2, 0) is 32.0 Å². The number of hydrogen-bond donors (Lipinski definition) is 5. The van der Waals surface area contributed by atoms with Crippen LogP contribution < -0.4 is 16.0 Å². The van der Waals surface area contributed by atoms with E-state index in [1.54, 1.807) is 17.0 Å². The van der Waals surface area contributed by atoms with E-state index in [0.29, 0.717) is 38.8 Å². The van der Waals surface area contributed by atoms with Crippen molar-refractivity contribution < 1.29 is 29.4 Å². The molecule has 0 radical (unpaired) electrons. The predicted octanol–water partition coefficient (Wildman–Crippen LogP) is 0.630. The fourth-order valence-corrected chi connectivity index (χ4v) is 5.31. The third-order valence-electron chi connectivity index (χ3n) is 7.26. The van der Waals surface area contributed by atoms with Crippen LogP contribution in [0.3, 0.4) is 0 Å². The fraction of sp³-hybridized carbons (Fsp3) is 0.448. The van der Waals surface area contributed by atoms with Gasteiger partial charge in [-0.1, -0.05) is 60.7 Å². The Balaban J connectivity index is 1.42. The van der Waals surface area contributed by atoms with Gasteiger partial charge >= 0.3 is 5.97 Å². The quantitative estimate of drug-likeness (QED) is 0.283. The number of amides is 3. The van der Waals surface area contributed by atoms with Crippen molar-refractivity contribution in [2.45, 2.75) is 68.8 Å². The molecule has 0 aliphatic carbocycles. The van der Waals surface area contributed by atoms with Gasteiger partial charge in [-0.25, -0.2) is 4.79 Å². The summed E-state index contributed by atoms with van der Waals surface area (Å²) in [6.45, 7) is 0.797. The summed E-state index contributed by atoms with van der Waals surface area (Å²) in [4.78, 5) is 52.9. The largest absolute Gasteiger partial charge is 0.480 e. The molecule has 0 spiro atoms. The number of aliphatic hydroxyl groups excluding tert-OH is 1. The summed E-state index contributed by atoms with van der Waals surface area (Å²) in [6.07, 6.45) is 1.32. The zero-order chi connectivity index (χ0) is 27.8. The molecular formula is C29H36N4O6. The zero-order valence-electron chi connectivity index (χ0n) is 21.8. The van der Waals surface area contributed by atoms with E-state index in [2.05, 4.69) is 16.0 Å². The minimum absolute atomic E-state index is 0.115. The first-order valence-electron chi connectivity index (χ1n) is 13.4. The number of nitrogens with zero attached hydrogens (tertiary/aromatic N) is 1. The molecule has 3 amide bonds. The molecule has 2 aliphatic heterocycles. The number of carbonyl (C=O) groups is 4. The van der Waals surface area contributed by atoms with Crippen molar-refractivity contribution in [2.75, 3.05) is 13.1 Å². The van der Waals surface area contributed by atoms with E-state index in [-0.39, 0.29) is 24.7 Å². The molecule has 2 aromatic rings. The van der Waals surface area contributed by atoms with Gasteiger partial charge in [0, 0.05) is 32.0 Å². The molecule has 4 rings (SSSR count). The minimum Gasteiger partial charge on any atom is -0.480 e. The van der Waals surface area contributed by atoms with Gasteiger partial charge in [0.05, 0.1) is 12.1 Å². The number of hydrogen-bond acceptors (Lipinski definition) is 6. The average molecular weight is 537 g/mol. The van der Waals surface area contributed by atoms with Crippen molar-refractivity contribution in [3.8, 4) is 0 Å². The van der Waals surface area contributed by atoms with E-state index in [1.165, 1.54) is 0 Å². The van der Waals surface area contributed by atoms with Gasteiger partial charge < -0.3 is 31.1 Å². The third-order valence-corrected chi connectivity index (χ3v) is 7.26. The maximum absolute atomic E-state index is 13.4. The Bertz CT molecular complexity index is 1140. The molecule has 0 aromatic heterocycles. The van der Waals surface area contributed by atoms with Crippen LogP contribution in [0.25, 0.3) is 0 Å². The fourth-order valence-electron chi connectivity index (χ4n) is 5.31. The molecule has 10 heteroatoms. The highest BCUT2D eigenvalue weighted by Crippen LogP contribution is 2.21. The van der Waals surface area contributed by atoms with E-state index in [0.717, 1.165) is 11.1 Å². The lowest BCUT2D eigenvalue weighted by atomic mass is 10.0. The molecule has 2 saturated heterocycles. The maximum Gasteiger partial charge on any atom is 0.326 e. The second-order valence-corrected chi connectivity index (χ2v) is 10.3. The van der Waals surface area contributed by atoms with Gasteiger partial charge in [0.25, 0.3) is 0 Å². The normalized spacial score (nSPS) is 22.2. The number of rotatable bonds is 11. The Morgan fingerprint density at radius 2 is 1.59 bits per heavy atom. The van der Waals surface area contributed by atoms with Crippen LogP contribution in [0.4, 0.5) is 0 Å². The smallest absolute Gasteiger partial charge is 0.326 e. The maximum atomic E-state index is 13.4. The second kappa shape index (κ2) is 13.3. The molecule has 5 N–H and O–H groups in total. The number of likely N-dealkylation sites (tertiary alicyclic amines) is 1. The molecule has 5 atom stereocenters. The lowest BCUT2D eigenvalue weighted by molar-refractivity contribution is -0.142. The van der Waals surface area contributed by atoms with Gasteiger partial charge in [0.15, 0.2) is 0 Å². The first kappa shape index (κ1) is 28.3. The summed E-state index contributed by atoms with van der Waals surface area (Å²) in [6, 6.07) is 15.6. The minimum atomic E-state index is -1.14. The summed E-state index contributed by atoms with van der Waals surface area (Å²) in [5, 5.41) is 28.1. The van der Waals surface area contributed by atoms with Gasteiger partial charge in [-0.2, -0.15) is 0 Å². The molecule has 2 fully saturated rings. The van der Waals surface area contributed by atoms with E-state index < -0.39 is 42.1 Å². The molecular weight excluding hydrogens is 500 g/mol. The summed E-state index contributed by atoms with van der Waals surface area (Å²) in [7, 11) is 0. The number of carboxylic acids is 1. The standard InChI is InChI=1S/C29H36N4O6/c34-22-17-23(30-18-22)28(37)33-13-7-12-25(33)27(36)31-21(14-19-8-3-1-4-9-19)16-26(35)32-24(29(38)39)15-20-10-5-2-6-11-20/h1-6,8-11,21-25,30,34H,7,12-18H2,(H,31,36)(H,32,35)(H,38,39)/t21-,22+,23-,24-,25-/m0/s1. The van der Waals surface area contributed by atoms with Crippen molar-refractivity contribution in [3.05, 3.63) is 71.8 Å². The van der Waals surface area contributed by atoms with E-state index in [1.807, 2.05) is 48.5 Å². The monoisotopic (exact) mass is 536 g/mol. The van der Waals surface area contributed by atoms with Crippen LogP contribution in [0, 0.1) is 0 Å². The molecule has 10 nitrogen and oxygen atoms in total. The molecule has 0 saturated carbocycles. The topological polar surface area (TPSA) is 148 Å². The Morgan fingerprint density at radius 1 is 0.949 bits per heavy atom. The number of carboxylic acid groups (broad SMARTS) is 1. The number of aliphatic carboxylic acids is 1. The van der Waals surface area contributed by atoms with Crippen LogP contribution in [0.2, 0.25) is 0 Å². The third kappa shape index (κ3) is 7.87. The van der Waals surface area contributed by atoms with Crippen LogP contribution in [0.5, 0.6) is 0 Å². The van der Waals surface area contributed by atoms with Gasteiger partial charge in [-0.15, -0.1) is 0 Å². The van der Waals surface area contributed by atoms with Gasteiger partial charge in [-0.3, -0.25) is 14.4 Å². The number of benzene rings is 2. The van der Waals surface area contributed by atoms with Crippen LogP contribution in [0.1, 0.15) is 36.8 Å². The van der Waals surface area contributed by atoms with Crippen LogP contribution >= 0.6 is 0 Å². The molecule has 208 valence electrons. The highest BCUT2D eigenvalue weighted by Gasteiger charge is 2.40. The van der Waals surface area contributed by atoms with E-state index in [4.69, 9.17) is 0 Å². The SMILES string of the molecule is O=C(C[C@H](Cc1ccccc1)NC(=O)[C@@H]1CCCN1C(=O)[C@@H]1C[C@@H](O)CN1)N[C@@H](Cc1ccccc1)C(=O)O. The highest BCUT2D eigenvalue weighted by atomic mass is 16.4. The molecule has 2 aliphatic rings. The van der Waals surface area contributed by atoms with Crippen molar-refractivity contribution in [1.82, 2.24) is 20.9 Å². The number of nitrogens with one attached hydrogen (secondary N) is 3. The molecule has 39 heavy (non-hydrogen) atoms. The molecule has 2 aromatic carbocycles. The number of aliphatic hydroxyl groups is 1. The van der Waals surface area contributed by atoms with Gasteiger partial charge in [0.2, 0.25) is 17.7 Å². The molecule has 0 bridgehead atoms. The van der Waals surface area contributed by atoms with Gasteiger partial charge in [-0.05, 0) is 36.8 Å². The predicted molar refractivity (Wildman–Crippen MR) is 144 cm³/mol. The molecule has 0 unspecified atom stereocenters. The van der Waals surface area contributed by atoms with E-state index >= 15 is 0 Å². The summed E-state index contributed by atoms with van der Waals surface area (Å²) in [5.41, 5.74) is 1.70. The Labute approximate surface area is 227 Å². The van der Waals surface area contributed by atoms with E-state index in [9.17, 15) is 29.4 Å². The van der Waals surface area contributed by atoms with Crippen molar-refractivity contribution >= 4 is 23.7 Å². The van der Waals surface area contributed by atoms with Crippen molar-refractivity contribution in [1.29, 1.82) is 0 Å². The Morgan fingerprint density at radius 3 is 2.18 bits per heavy atom. The van der Waals surface area contributed by atoms with Crippen LogP contribution in [-0.4, -0.2) is 82.2 Å². The zero-order valence-corrected chi connectivity index (χ0v) is 21.8. The summed E-state index contributed by atoms with van der Waals surface area (Å²) >= 11 is 0. The second-order valence-electron chi connectivity index (χ2n) is 10.3. The Kier molecular flexibility index (Phi) is 9.67. The first-order chi connectivity index (χ1) is 18.8. The van der Waals surface area contributed by atoms with Crippen molar-refractivity contribution in [2.24, 2.45) is 0 Å². The molecule has 2 heterocycles. The van der Waals surface area contributed by atoms with Crippen molar-refractivity contribution in [3.63, 3.8) is 0 Å². The number of β-amino-alcohol motifs (C(OH)–C–C–N with tert-alkyl or cyclic N) is 1. The lowest BCUT2D eigenvalue weighted by Crippen LogP contribution is -2.53. The Hall–Kier alpha value is -3.76. The lowest BCUT2D eigenvalue weighted by Gasteiger charge is -2.28. The average Bonchev–Trinajstić information content (AvgIpc) is 3.58. The first-order valence-corrected chi connectivity index (χ1v) is 13.4.